The lowest BCUT2D eigenvalue weighted by Crippen LogP contribution is -2.43. The van der Waals surface area contributed by atoms with Gasteiger partial charge in [0.2, 0.25) is 5.91 Å². The molecule has 31 heavy (non-hydrogen) atoms. The Kier molecular flexibility index (Phi) is 6.63. The van der Waals surface area contributed by atoms with Crippen molar-refractivity contribution in [2.45, 2.75) is 32.4 Å². The quantitative estimate of drug-likeness (QED) is 0.649. The summed E-state index contributed by atoms with van der Waals surface area (Å²) < 4.78 is 5.51. The van der Waals surface area contributed by atoms with Gasteiger partial charge in [-0.1, -0.05) is 54.6 Å². The number of aromatic nitrogens is 1. The van der Waals surface area contributed by atoms with Gasteiger partial charge in [-0.05, 0) is 42.7 Å². The van der Waals surface area contributed by atoms with Gasteiger partial charge in [-0.2, -0.15) is 0 Å². The topological polar surface area (TPSA) is 54.5 Å². The predicted octanol–water partition coefficient (Wildman–Crippen LogP) is 4.39. The molecule has 160 valence electrons. The number of amides is 1. The second-order valence-electron chi connectivity index (χ2n) is 8.09. The molecule has 3 aromatic rings. The lowest BCUT2D eigenvalue weighted by Gasteiger charge is -2.35. The molecule has 0 bridgehead atoms. The molecule has 1 amide bonds. The lowest BCUT2D eigenvalue weighted by atomic mass is 10.0. The van der Waals surface area contributed by atoms with Crippen molar-refractivity contribution in [2.75, 3.05) is 24.7 Å². The molecule has 0 radical (unpaired) electrons. The van der Waals surface area contributed by atoms with Gasteiger partial charge in [-0.3, -0.25) is 9.78 Å². The molecule has 2 heterocycles. The SMILES string of the molecule is C[C@@H]1COCCN1c1ccc([C@@H](C)NC(=O)Cc2ccc(-c3ccccc3)cc2)nc1. The van der Waals surface area contributed by atoms with Crippen LogP contribution < -0.4 is 10.2 Å². The molecule has 5 heteroatoms. The van der Waals surface area contributed by atoms with Crippen LogP contribution in [-0.4, -0.2) is 36.7 Å². The summed E-state index contributed by atoms with van der Waals surface area (Å²) in [6.07, 6.45) is 2.24. The highest BCUT2D eigenvalue weighted by molar-refractivity contribution is 5.79. The molecule has 2 aromatic carbocycles. The number of hydrogen-bond donors (Lipinski definition) is 1. The summed E-state index contributed by atoms with van der Waals surface area (Å²) in [5.74, 6) is -0.00682. The van der Waals surface area contributed by atoms with Gasteiger partial charge >= 0.3 is 0 Å². The van der Waals surface area contributed by atoms with Crippen LogP contribution in [-0.2, 0) is 16.0 Å². The Morgan fingerprint density at radius 3 is 2.52 bits per heavy atom. The van der Waals surface area contributed by atoms with E-state index in [4.69, 9.17) is 4.74 Å². The van der Waals surface area contributed by atoms with E-state index in [2.05, 4.69) is 52.5 Å². The third kappa shape index (κ3) is 5.30. The van der Waals surface area contributed by atoms with Crippen molar-refractivity contribution >= 4 is 11.6 Å². The second-order valence-corrected chi connectivity index (χ2v) is 8.09. The van der Waals surface area contributed by atoms with Gasteiger partial charge in [0.05, 0.1) is 43.3 Å². The van der Waals surface area contributed by atoms with Gasteiger partial charge in [0.1, 0.15) is 0 Å². The van der Waals surface area contributed by atoms with Gasteiger partial charge in [-0.25, -0.2) is 0 Å². The molecule has 5 nitrogen and oxygen atoms in total. The molecule has 1 fully saturated rings. The van der Waals surface area contributed by atoms with Crippen molar-refractivity contribution in [3.63, 3.8) is 0 Å². The van der Waals surface area contributed by atoms with E-state index in [1.165, 1.54) is 5.56 Å². The number of carbonyl (C=O) groups is 1. The van der Waals surface area contributed by atoms with E-state index in [0.29, 0.717) is 12.5 Å². The number of carbonyl (C=O) groups excluding carboxylic acids is 1. The summed E-state index contributed by atoms with van der Waals surface area (Å²) in [6, 6.07) is 22.7. The number of nitrogens with one attached hydrogen (secondary N) is 1. The van der Waals surface area contributed by atoms with E-state index in [0.717, 1.165) is 42.3 Å². The van der Waals surface area contributed by atoms with Crippen LogP contribution in [0.15, 0.2) is 72.9 Å². The fourth-order valence-electron chi connectivity index (χ4n) is 3.93. The van der Waals surface area contributed by atoms with Crippen molar-refractivity contribution in [3.05, 3.63) is 84.2 Å². The maximum atomic E-state index is 12.5. The average Bonchev–Trinajstić information content (AvgIpc) is 2.80. The van der Waals surface area contributed by atoms with Crippen LogP contribution >= 0.6 is 0 Å². The molecule has 2 atom stereocenters. The number of morpholine rings is 1. The van der Waals surface area contributed by atoms with Crippen LogP contribution in [0.2, 0.25) is 0 Å². The standard InChI is InChI=1S/C26H29N3O2/c1-19-18-31-15-14-29(19)24-12-13-25(27-17-24)20(2)28-26(30)16-21-8-10-23(11-9-21)22-6-4-3-5-7-22/h3-13,17,19-20H,14-16,18H2,1-2H3,(H,28,30)/t19-,20-/m1/s1. The smallest absolute Gasteiger partial charge is 0.224 e. The Bertz CT molecular complexity index is 987. The molecule has 0 unspecified atom stereocenters. The van der Waals surface area contributed by atoms with Crippen LogP contribution in [0.5, 0.6) is 0 Å². The summed E-state index contributed by atoms with van der Waals surface area (Å²) in [6.45, 7) is 6.47. The van der Waals surface area contributed by atoms with Gasteiger partial charge in [-0.15, -0.1) is 0 Å². The third-order valence-corrected chi connectivity index (χ3v) is 5.72. The molecule has 4 rings (SSSR count). The first-order valence-corrected chi connectivity index (χ1v) is 10.8. The van der Waals surface area contributed by atoms with Gasteiger partial charge in [0, 0.05) is 12.6 Å². The maximum Gasteiger partial charge on any atom is 0.224 e. The number of anilines is 1. The summed E-state index contributed by atoms with van der Waals surface area (Å²) >= 11 is 0. The predicted molar refractivity (Wildman–Crippen MR) is 124 cm³/mol. The van der Waals surface area contributed by atoms with Gasteiger partial charge < -0.3 is 15.0 Å². The van der Waals surface area contributed by atoms with Crippen molar-refractivity contribution < 1.29 is 9.53 Å². The van der Waals surface area contributed by atoms with E-state index >= 15 is 0 Å². The molecule has 1 saturated heterocycles. The Hall–Kier alpha value is -3.18. The zero-order valence-electron chi connectivity index (χ0n) is 18.1. The molecule has 1 N–H and O–H groups in total. The van der Waals surface area contributed by atoms with E-state index in [1.807, 2.05) is 49.5 Å². The number of pyridine rings is 1. The molecule has 0 aliphatic carbocycles. The third-order valence-electron chi connectivity index (χ3n) is 5.72. The van der Waals surface area contributed by atoms with E-state index in [9.17, 15) is 4.79 Å². The first-order valence-electron chi connectivity index (χ1n) is 10.8. The normalized spacial score (nSPS) is 17.2. The summed E-state index contributed by atoms with van der Waals surface area (Å²) in [5.41, 5.74) is 5.27. The van der Waals surface area contributed by atoms with Crippen molar-refractivity contribution in [3.8, 4) is 11.1 Å². The number of benzene rings is 2. The maximum absolute atomic E-state index is 12.5. The highest BCUT2D eigenvalue weighted by Gasteiger charge is 2.20. The largest absolute Gasteiger partial charge is 0.377 e. The number of nitrogens with zero attached hydrogens (tertiary/aromatic N) is 2. The number of hydrogen-bond acceptors (Lipinski definition) is 4. The highest BCUT2D eigenvalue weighted by Crippen LogP contribution is 2.21. The van der Waals surface area contributed by atoms with Crippen molar-refractivity contribution in [2.24, 2.45) is 0 Å². The van der Waals surface area contributed by atoms with Crippen LogP contribution in [0, 0.1) is 0 Å². The Balaban J connectivity index is 1.33. The van der Waals surface area contributed by atoms with E-state index in [1.54, 1.807) is 0 Å². The first-order chi connectivity index (χ1) is 15.1. The van der Waals surface area contributed by atoms with E-state index < -0.39 is 0 Å². The summed E-state index contributed by atoms with van der Waals surface area (Å²) in [7, 11) is 0. The minimum atomic E-state index is -0.146. The van der Waals surface area contributed by atoms with Crippen LogP contribution in [0.25, 0.3) is 11.1 Å². The zero-order valence-corrected chi connectivity index (χ0v) is 18.1. The summed E-state index contributed by atoms with van der Waals surface area (Å²) in [5, 5.41) is 3.06. The Morgan fingerprint density at radius 2 is 1.84 bits per heavy atom. The minimum absolute atomic E-state index is 0.00682. The Morgan fingerprint density at radius 1 is 1.10 bits per heavy atom. The molecule has 1 aromatic heterocycles. The number of rotatable bonds is 6. The first kappa shape index (κ1) is 21.1. The van der Waals surface area contributed by atoms with Crippen LogP contribution in [0.4, 0.5) is 5.69 Å². The molecular formula is C26H29N3O2. The highest BCUT2D eigenvalue weighted by atomic mass is 16.5. The molecule has 1 aliphatic rings. The minimum Gasteiger partial charge on any atom is -0.377 e. The van der Waals surface area contributed by atoms with Crippen molar-refractivity contribution in [1.29, 1.82) is 0 Å². The van der Waals surface area contributed by atoms with Gasteiger partial charge in [0.25, 0.3) is 0 Å². The number of ether oxygens (including phenoxy) is 1. The zero-order chi connectivity index (χ0) is 21.6. The fourth-order valence-corrected chi connectivity index (χ4v) is 3.93. The van der Waals surface area contributed by atoms with Crippen molar-refractivity contribution in [1.82, 2.24) is 10.3 Å². The summed E-state index contributed by atoms with van der Waals surface area (Å²) in [4.78, 5) is 19.5. The van der Waals surface area contributed by atoms with E-state index in [-0.39, 0.29) is 11.9 Å². The fraction of sp³-hybridized carbons (Fsp3) is 0.308. The average molecular weight is 416 g/mol. The van der Waals surface area contributed by atoms with Crippen LogP contribution in [0.1, 0.15) is 31.1 Å². The monoisotopic (exact) mass is 415 g/mol. The molecule has 0 spiro atoms. The van der Waals surface area contributed by atoms with Gasteiger partial charge in [0.15, 0.2) is 0 Å². The molecule has 0 saturated carbocycles. The second kappa shape index (κ2) is 9.75. The molecule has 1 aliphatic heterocycles. The Labute approximate surface area is 184 Å². The van der Waals surface area contributed by atoms with Crippen LogP contribution in [0.3, 0.4) is 0 Å². The lowest BCUT2D eigenvalue weighted by molar-refractivity contribution is -0.121. The molecular weight excluding hydrogens is 386 g/mol.